The van der Waals surface area contributed by atoms with E-state index in [9.17, 15) is 0 Å². The smallest absolute Gasteiger partial charge is 0.117 e. The minimum Gasteiger partial charge on any atom is -0.497 e. The summed E-state index contributed by atoms with van der Waals surface area (Å²) in [6, 6.07) is 0. The fraction of sp³-hybridized carbons (Fsp3) is 0.556. The van der Waals surface area contributed by atoms with Crippen molar-refractivity contribution in [3.05, 3.63) is 23.5 Å². The van der Waals surface area contributed by atoms with Gasteiger partial charge in [0.1, 0.15) is 5.76 Å². The normalized spacial score (nSPS) is 13.6. The van der Waals surface area contributed by atoms with E-state index in [0.29, 0.717) is 0 Å². The zero-order chi connectivity index (χ0) is 7.98. The Kier molecular flexibility index (Phi) is 4.73. The topological polar surface area (TPSA) is 9.23 Å². The molecular weight excluding hydrogens is 124 g/mol. The van der Waals surface area contributed by atoms with E-state index in [1.54, 1.807) is 7.11 Å². The van der Waals surface area contributed by atoms with Gasteiger partial charge in [-0.25, -0.2) is 0 Å². The van der Waals surface area contributed by atoms with E-state index in [1.165, 1.54) is 5.57 Å². The van der Waals surface area contributed by atoms with Gasteiger partial charge < -0.3 is 4.74 Å². The summed E-state index contributed by atoms with van der Waals surface area (Å²) in [5.74, 6) is 0.991. The summed E-state index contributed by atoms with van der Waals surface area (Å²) in [6.45, 7) is 6.19. The summed E-state index contributed by atoms with van der Waals surface area (Å²) < 4.78 is 5.14. The van der Waals surface area contributed by atoms with Crippen LogP contribution in [-0.4, -0.2) is 7.11 Å². The second-order valence-corrected chi connectivity index (χ2v) is 2.20. The first-order valence-electron chi connectivity index (χ1n) is 3.62. The zero-order valence-electron chi connectivity index (χ0n) is 7.27. The first-order valence-corrected chi connectivity index (χ1v) is 3.62. The first-order chi connectivity index (χ1) is 4.76. The van der Waals surface area contributed by atoms with E-state index in [2.05, 4.69) is 13.8 Å². The standard InChI is InChI=1S/C9H16O/c1-5-7-9(10-4)8(3)6-2/h5,7H,6H2,1-4H3/b7-5-,9-8+. The van der Waals surface area contributed by atoms with E-state index in [-0.39, 0.29) is 0 Å². The van der Waals surface area contributed by atoms with Gasteiger partial charge in [-0.1, -0.05) is 13.0 Å². The Hall–Kier alpha value is -0.720. The second-order valence-electron chi connectivity index (χ2n) is 2.20. The number of methoxy groups -OCH3 is 1. The Morgan fingerprint density at radius 3 is 2.40 bits per heavy atom. The third-order valence-electron chi connectivity index (χ3n) is 1.49. The molecule has 0 aliphatic heterocycles. The highest BCUT2D eigenvalue weighted by Crippen LogP contribution is 2.09. The molecule has 0 atom stereocenters. The average molecular weight is 140 g/mol. The number of hydrogen-bond acceptors (Lipinski definition) is 1. The second kappa shape index (κ2) is 5.10. The maximum atomic E-state index is 5.14. The van der Waals surface area contributed by atoms with Crippen LogP contribution >= 0.6 is 0 Å². The molecule has 0 saturated heterocycles. The Balaban J connectivity index is 4.29. The lowest BCUT2D eigenvalue weighted by Crippen LogP contribution is -1.86. The predicted molar refractivity (Wildman–Crippen MR) is 44.8 cm³/mol. The minimum atomic E-state index is 0.991. The molecule has 0 unspecified atom stereocenters. The molecule has 0 rings (SSSR count). The van der Waals surface area contributed by atoms with Crippen molar-refractivity contribution in [2.75, 3.05) is 7.11 Å². The average Bonchev–Trinajstić information content (AvgIpc) is 1.99. The molecule has 0 heterocycles. The molecule has 0 saturated carbocycles. The molecule has 58 valence electrons. The van der Waals surface area contributed by atoms with Gasteiger partial charge in [0.15, 0.2) is 0 Å². The van der Waals surface area contributed by atoms with Crippen molar-refractivity contribution in [1.29, 1.82) is 0 Å². The van der Waals surface area contributed by atoms with E-state index < -0.39 is 0 Å². The van der Waals surface area contributed by atoms with Gasteiger partial charge in [-0.15, -0.1) is 0 Å². The molecule has 0 spiro atoms. The van der Waals surface area contributed by atoms with Gasteiger partial charge in [-0.3, -0.25) is 0 Å². The van der Waals surface area contributed by atoms with Crippen LogP contribution < -0.4 is 0 Å². The van der Waals surface area contributed by atoms with Crippen molar-refractivity contribution < 1.29 is 4.74 Å². The zero-order valence-corrected chi connectivity index (χ0v) is 7.27. The molecule has 0 aliphatic carbocycles. The summed E-state index contributed by atoms with van der Waals surface area (Å²) in [5, 5.41) is 0. The number of hydrogen-bond donors (Lipinski definition) is 0. The molecule has 0 aromatic carbocycles. The Bertz CT molecular complexity index is 143. The van der Waals surface area contributed by atoms with E-state index in [1.807, 2.05) is 19.1 Å². The van der Waals surface area contributed by atoms with Gasteiger partial charge in [-0.05, 0) is 31.9 Å². The summed E-state index contributed by atoms with van der Waals surface area (Å²) in [5.41, 5.74) is 1.29. The van der Waals surface area contributed by atoms with E-state index >= 15 is 0 Å². The Morgan fingerprint density at radius 2 is 2.10 bits per heavy atom. The van der Waals surface area contributed by atoms with Crippen molar-refractivity contribution in [3.8, 4) is 0 Å². The fourth-order valence-electron chi connectivity index (χ4n) is 0.710. The lowest BCUT2D eigenvalue weighted by Gasteiger charge is -2.03. The molecule has 0 amide bonds. The highest BCUT2D eigenvalue weighted by atomic mass is 16.5. The van der Waals surface area contributed by atoms with Crippen molar-refractivity contribution in [3.63, 3.8) is 0 Å². The third-order valence-corrected chi connectivity index (χ3v) is 1.49. The molecule has 0 aromatic heterocycles. The van der Waals surface area contributed by atoms with Gasteiger partial charge >= 0.3 is 0 Å². The summed E-state index contributed by atoms with van der Waals surface area (Å²) >= 11 is 0. The Morgan fingerprint density at radius 1 is 1.50 bits per heavy atom. The number of rotatable bonds is 3. The summed E-state index contributed by atoms with van der Waals surface area (Å²) in [6.07, 6.45) is 5.02. The number of ether oxygens (including phenoxy) is 1. The van der Waals surface area contributed by atoms with Crippen LogP contribution in [0.5, 0.6) is 0 Å². The summed E-state index contributed by atoms with van der Waals surface area (Å²) in [7, 11) is 1.70. The quantitative estimate of drug-likeness (QED) is 0.432. The molecule has 10 heavy (non-hydrogen) atoms. The van der Waals surface area contributed by atoms with Crippen LogP contribution in [-0.2, 0) is 4.74 Å². The SMILES string of the molecule is C/C=C\C(OC)=C(\C)CC. The van der Waals surface area contributed by atoms with E-state index in [4.69, 9.17) is 4.74 Å². The summed E-state index contributed by atoms with van der Waals surface area (Å²) in [4.78, 5) is 0. The van der Waals surface area contributed by atoms with Crippen molar-refractivity contribution >= 4 is 0 Å². The van der Waals surface area contributed by atoms with Gasteiger partial charge in [0.25, 0.3) is 0 Å². The van der Waals surface area contributed by atoms with Crippen LogP contribution in [0.3, 0.4) is 0 Å². The van der Waals surface area contributed by atoms with E-state index in [0.717, 1.165) is 12.2 Å². The molecule has 0 fully saturated rings. The molecule has 1 heteroatoms. The van der Waals surface area contributed by atoms with Crippen LogP contribution in [0.15, 0.2) is 23.5 Å². The van der Waals surface area contributed by atoms with Gasteiger partial charge in [0.05, 0.1) is 7.11 Å². The van der Waals surface area contributed by atoms with Crippen LogP contribution in [0.2, 0.25) is 0 Å². The minimum absolute atomic E-state index is 0.991. The Labute approximate surface area is 63.4 Å². The molecule has 0 aliphatic rings. The monoisotopic (exact) mass is 140 g/mol. The highest BCUT2D eigenvalue weighted by Gasteiger charge is 1.93. The predicted octanol–water partition coefficient (Wildman–Crippen LogP) is 2.89. The third kappa shape index (κ3) is 2.72. The fourth-order valence-corrected chi connectivity index (χ4v) is 0.710. The van der Waals surface area contributed by atoms with Gasteiger partial charge in [0, 0.05) is 0 Å². The number of allylic oxidation sites excluding steroid dienone is 3. The molecule has 1 nitrogen and oxygen atoms in total. The van der Waals surface area contributed by atoms with Crippen molar-refractivity contribution in [2.45, 2.75) is 27.2 Å². The molecule has 0 N–H and O–H groups in total. The maximum absolute atomic E-state index is 5.14. The molecule has 0 radical (unpaired) electrons. The largest absolute Gasteiger partial charge is 0.497 e. The molecule has 0 bridgehead atoms. The van der Waals surface area contributed by atoms with Crippen molar-refractivity contribution in [1.82, 2.24) is 0 Å². The first kappa shape index (κ1) is 9.28. The lowest BCUT2D eigenvalue weighted by molar-refractivity contribution is 0.301. The molecule has 0 aromatic rings. The van der Waals surface area contributed by atoms with Crippen molar-refractivity contribution in [2.24, 2.45) is 0 Å². The lowest BCUT2D eigenvalue weighted by atomic mass is 10.2. The van der Waals surface area contributed by atoms with Gasteiger partial charge in [0.2, 0.25) is 0 Å². The van der Waals surface area contributed by atoms with Gasteiger partial charge in [-0.2, -0.15) is 0 Å². The van der Waals surface area contributed by atoms with Crippen LogP contribution in [0.4, 0.5) is 0 Å². The highest BCUT2D eigenvalue weighted by molar-refractivity contribution is 5.17. The van der Waals surface area contributed by atoms with Crippen LogP contribution in [0.25, 0.3) is 0 Å². The van der Waals surface area contributed by atoms with Crippen LogP contribution in [0, 0.1) is 0 Å². The maximum Gasteiger partial charge on any atom is 0.117 e. The molecular formula is C9H16O. The van der Waals surface area contributed by atoms with Crippen LogP contribution in [0.1, 0.15) is 27.2 Å².